The summed E-state index contributed by atoms with van der Waals surface area (Å²) in [6.07, 6.45) is 4.21. The maximum absolute atomic E-state index is 5.71. The minimum absolute atomic E-state index is 0.656. The first-order valence-corrected chi connectivity index (χ1v) is 5.51. The second-order valence-corrected chi connectivity index (χ2v) is 4.51. The highest BCUT2D eigenvalue weighted by Crippen LogP contribution is 2.33. The van der Waals surface area contributed by atoms with Crippen molar-refractivity contribution in [3.05, 3.63) is 16.2 Å². The zero-order chi connectivity index (χ0) is 10.1. The summed E-state index contributed by atoms with van der Waals surface area (Å²) >= 11 is 3.43. The van der Waals surface area contributed by atoms with Crippen molar-refractivity contribution in [1.29, 1.82) is 0 Å². The maximum Gasteiger partial charge on any atom is 0.228 e. The first-order valence-electron chi connectivity index (χ1n) is 4.72. The number of pyridine rings is 1. The third kappa shape index (κ3) is 2.00. The Balaban J connectivity index is 2.11. The Bertz CT molecular complexity index is 350. The molecule has 0 atom stereocenters. The van der Waals surface area contributed by atoms with Crippen molar-refractivity contribution in [1.82, 2.24) is 4.98 Å². The smallest absolute Gasteiger partial charge is 0.228 e. The van der Waals surface area contributed by atoms with Crippen molar-refractivity contribution in [2.45, 2.75) is 19.8 Å². The lowest BCUT2D eigenvalue weighted by atomic mass is 10.2. The molecule has 0 bridgehead atoms. The average molecular weight is 257 g/mol. The monoisotopic (exact) mass is 256 g/mol. The van der Waals surface area contributed by atoms with Gasteiger partial charge in [0.1, 0.15) is 0 Å². The minimum Gasteiger partial charge on any atom is -0.477 e. The van der Waals surface area contributed by atoms with Crippen molar-refractivity contribution in [2.75, 3.05) is 12.3 Å². The lowest BCUT2D eigenvalue weighted by Gasteiger charge is -2.09. The topological polar surface area (TPSA) is 48.1 Å². The number of hydrogen-bond acceptors (Lipinski definition) is 3. The van der Waals surface area contributed by atoms with Crippen LogP contribution in [0.1, 0.15) is 18.4 Å². The van der Waals surface area contributed by atoms with Gasteiger partial charge in [-0.25, -0.2) is 4.98 Å². The third-order valence-corrected chi connectivity index (χ3v) is 3.36. The fourth-order valence-corrected chi connectivity index (χ4v) is 1.60. The number of nitrogens with zero attached hydrogens (tertiary/aromatic N) is 1. The molecular formula is C10H13BrN2O. The van der Waals surface area contributed by atoms with E-state index < -0.39 is 0 Å². The Morgan fingerprint density at radius 2 is 2.36 bits per heavy atom. The van der Waals surface area contributed by atoms with Gasteiger partial charge in [0, 0.05) is 0 Å². The highest BCUT2D eigenvalue weighted by Gasteiger charge is 2.22. The number of halogens is 1. The quantitative estimate of drug-likeness (QED) is 0.905. The van der Waals surface area contributed by atoms with Crippen LogP contribution in [0.5, 0.6) is 5.88 Å². The van der Waals surface area contributed by atoms with Gasteiger partial charge >= 0.3 is 0 Å². The standard InChI is InChI=1S/C10H13BrN2O/c1-6-8(12)4-13-10(9(6)11)14-5-7-2-3-7/h4,7H,2-3,5,12H2,1H3. The second kappa shape index (κ2) is 3.77. The summed E-state index contributed by atoms with van der Waals surface area (Å²) in [6, 6.07) is 0. The molecule has 3 nitrogen and oxygen atoms in total. The summed E-state index contributed by atoms with van der Waals surface area (Å²) in [5.74, 6) is 1.39. The van der Waals surface area contributed by atoms with Crippen molar-refractivity contribution < 1.29 is 4.74 Å². The molecule has 0 saturated heterocycles. The minimum atomic E-state index is 0.656. The van der Waals surface area contributed by atoms with Crippen LogP contribution in [-0.4, -0.2) is 11.6 Å². The number of nitrogen functional groups attached to an aromatic ring is 1. The van der Waals surface area contributed by atoms with Crippen molar-refractivity contribution >= 4 is 21.6 Å². The van der Waals surface area contributed by atoms with E-state index in [1.807, 2.05) is 6.92 Å². The SMILES string of the molecule is Cc1c(N)cnc(OCC2CC2)c1Br. The molecule has 1 saturated carbocycles. The van der Waals surface area contributed by atoms with Gasteiger partial charge in [0.25, 0.3) is 0 Å². The van der Waals surface area contributed by atoms with E-state index in [4.69, 9.17) is 10.5 Å². The van der Waals surface area contributed by atoms with Crippen LogP contribution in [0.2, 0.25) is 0 Å². The van der Waals surface area contributed by atoms with E-state index in [0.717, 1.165) is 22.6 Å². The zero-order valence-electron chi connectivity index (χ0n) is 8.09. The lowest BCUT2D eigenvalue weighted by molar-refractivity contribution is 0.286. The Hall–Kier alpha value is -0.770. The van der Waals surface area contributed by atoms with E-state index in [9.17, 15) is 0 Å². The predicted octanol–water partition coefficient (Wildman–Crippen LogP) is 2.52. The molecule has 1 aromatic heterocycles. The first kappa shape index (κ1) is 9.77. The van der Waals surface area contributed by atoms with Gasteiger partial charge in [0.15, 0.2) is 0 Å². The first-order chi connectivity index (χ1) is 6.68. The molecule has 0 spiro atoms. The highest BCUT2D eigenvalue weighted by atomic mass is 79.9. The molecule has 14 heavy (non-hydrogen) atoms. The molecule has 1 heterocycles. The molecule has 4 heteroatoms. The molecule has 1 fully saturated rings. The average Bonchev–Trinajstić information content (AvgIpc) is 2.97. The Kier molecular flexibility index (Phi) is 2.63. The van der Waals surface area contributed by atoms with Gasteiger partial charge < -0.3 is 10.5 Å². The molecule has 0 unspecified atom stereocenters. The fraction of sp³-hybridized carbons (Fsp3) is 0.500. The van der Waals surface area contributed by atoms with E-state index in [1.165, 1.54) is 12.8 Å². The molecule has 0 radical (unpaired) electrons. The molecule has 1 aliphatic rings. The van der Waals surface area contributed by atoms with Crippen LogP contribution in [-0.2, 0) is 0 Å². The number of anilines is 1. The number of nitrogens with two attached hydrogens (primary N) is 1. The number of aromatic nitrogens is 1. The van der Waals surface area contributed by atoms with Crippen LogP contribution in [0.25, 0.3) is 0 Å². The summed E-state index contributed by atoms with van der Waals surface area (Å²) in [5.41, 5.74) is 7.39. The largest absolute Gasteiger partial charge is 0.477 e. The molecule has 0 aromatic carbocycles. The van der Waals surface area contributed by atoms with Crippen LogP contribution in [0.4, 0.5) is 5.69 Å². The van der Waals surface area contributed by atoms with Crippen LogP contribution in [0, 0.1) is 12.8 Å². The Labute approximate surface area is 91.8 Å². The van der Waals surface area contributed by atoms with E-state index >= 15 is 0 Å². The highest BCUT2D eigenvalue weighted by molar-refractivity contribution is 9.10. The molecule has 1 aromatic rings. The van der Waals surface area contributed by atoms with Crippen LogP contribution in [0.15, 0.2) is 10.7 Å². The predicted molar refractivity (Wildman–Crippen MR) is 59.3 cm³/mol. The van der Waals surface area contributed by atoms with Gasteiger partial charge in [-0.3, -0.25) is 0 Å². The summed E-state index contributed by atoms with van der Waals surface area (Å²) in [6.45, 7) is 2.72. The van der Waals surface area contributed by atoms with Crippen LogP contribution < -0.4 is 10.5 Å². The zero-order valence-corrected chi connectivity index (χ0v) is 9.67. The summed E-state index contributed by atoms with van der Waals surface area (Å²) < 4.78 is 6.46. The molecule has 0 aliphatic heterocycles. The number of ether oxygens (including phenoxy) is 1. The Morgan fingerprint density at radius 3 is 3.00 bits per heavy atom. The van der Waals surface area contributed by atoms with Gasteiger partial charge in [-0.1, -0.05) is 0 Å². The summed E-state index contributed by atoms with van der Waals surface area (Å²) in [7, 11) is 0. The molecule has 0 amide bonds. The number of rotatable bonds is 3. The van der Waals surface area contributed by atoms with Gasteiger partial charge in [-0.05, 0) is 47.2 Å². The van der Waals surface area contributed by atoms with E-state index in [2.05, 4.69) is 20.9 Å². The van der Waals surface area contributed by atoms with E-state index in [-0.39, 0.29) is 0 Å². The molecule has 2 N–H and O–H groups in total. The van der Waals surface area contributed by atoms with Crippen LogP contribution >= 0.6 is 15.9 Å². The summed E-state index contributed by atoms with van der Waals surface area (Å²) in [4.78, 5) is 4.14. The lowest BCUT2D eigenvalue weighted by Crippen LogP contribution is -2.03. The van der Waals surface area contributed by atoms with E-state index in [1.54, 1.807) is 6.20 Å². The summed E-state index contributed by atoms with van der Waals surface area (Å²) in [5, 5.41) is 0. The van der Waals surface area contributed by atoms with Gasteiger partial charge in [-0.15, -0.1) is 0 Å². The molecule has 1 aliphatic carbocycles. The third-order valence-electron chi connectivity index (χ3n) is 2.42. The molecular weight excluding hydrogens is 244 g/mol. The fourth-order valence-electron chi connectivity index (χ4n) is 1.15. The van der Waals surface area contributed by atoms with Gasteiger partial charge in [0.2, 0.25) is 5.88 Å². The van der Waals surface area contributed by atoms with Gasteiger partial charge in [-0.2, -0.15) is 0 Å². The van der Waals surface area contributed by atoms with Crippen molar-refractivity contribution in [3.8, 4) is 5.88 Å². The maximum atomic E-state index is 5.71. The normalized spacial score (nSPS) is 15.6. The van der Waals surface area contributed by atoms with Gasteiger partial charge in [0.05, 0.1) is 23.0 Å². The molecule has 76 valence electrons. The van der Waals surface area contributed by atoms with Crippen molar-refractivity contribution in [3.63, 3.8) is 0 Å². The second-order valence-electron chi connectivity index (χ2n) is 3.71. The number of hydrogen-bond donors (Lipinski definition) is 1. The Morgan fingerprint density at radius 1 is 1.64 bits per heavy atom. The van der Waals surface area contributed by atoms with E-state index in [0.29, 0.717) is 11.6 Å². The van der Waals surface area contributed by atoms with Crippen LogP contribution in [0.3, 0.4) is 0 Å². The van der Waals surface area contributed by atoms with Crippen molar-refractivity contribution in [2.24, 2.45) is 5.92 Å². The molecule has 2 rings (SSSR count).